The summed E-state index contributed by atoms with van der Waals surface area (Å²) in [6, 6.07) is 10.0. The first-order valence-corrected chi connectivity index (χ1v) is 9.21. The molecular formula is C19H22BrN3O. The van der Waals surface area contributed by atoms with E-state index in [2.05, 4.69) is 38.5 Å². The summed E-state index contributed by atoms with van der Waals surface area (Å²) >= 11 is 3.53. The number of pyridine rings is 1. The summed E-state index contributed by atoms with van der Waals surface area (Å²) in [7, 11) is 0. The van der Waals surface area contributed by atoms with E-state index in [1.165, 1.54) is 24.8 Å². The maximum absolute atomic E-state index is 12.3. The van der Waals surface area contributed by atoms with Crippen LogP contribution in [0, 0.1) is 6.92 Å². The molecule has 1 aliphatic rings. The predicted molar refractivity (Wildman–Crippen MR) is 101 cm³/mol. The quantitative estimate of drug-likeness (QED) is 0.779. The maximum Gasteiger partial charge on any atom is 0.270 e. The van der Waals surface area contributed by atoms with Gasteiger partial charge in [0, 0.05) is 16.2 Å². The van der Waals surface area contributed by atoms with Gasteiger partial charge in [-0.1, -0.05) is 41.3 Å². The second kappa shape index (κ2) is 7.79. The van der Waals surface area contributed by atoms with Gasteiger partial charge < -0.3 is 10.6 Å². The molecular weight excluding hydrogens is 366 g/mol. The average Bonchev–Trinajstić information content (AvgIpc) is 2.60. The van der Waals surface area contributed by atoms with E-state index in [0.717, 1.165) is 28.7 Å². The minimum Gasteiger partial charge on any atom is -0.354 e. The van der Waals surface area contributed by atoms with E-state index in [0.29, 0.717) is 11.7 Å². The third kappa shape index (κ3) is 4.35. The number of hydrogen-bond donors (Lipinski definition) is 2. The first-order valence-electron chi connectivity index (χ1n) is 8.42. The molecule has 1 aromatic carbocycles. The molecule has 1 saturated carbocycles. The topological polar surface area (TPSA) is 54.0 Å². The standard InChI is InChI=1S/C19H22BrN3O/c1-13-7-8-15(11-17(13)20)22-16-9-10-18(21-12-16)19(24)23-14-5-3-2-4-6-14/h7-12,14,22H,2-6H2,1H3,(H,23,24). The lowest BCUT2D eigenvalue weighted by Gasteiger charge is -2.22. The molecule has 0 atom stereocenters. The normalized spacial score (nSPS) is 15.1. The van der Waals surface area contributed by atoms with Crippen LogP contribution in [-0.4, -0.2) is 16.9 Å². The van der Waals surface area contributed by atoms with E-state index in [4.69, 9.17) is 0 Å². The molecule has 1 fully saturated rings. The second-order valence-electron chi connectivity index (χ2n) is 6.33. The van der Waals surface area contributed by atoms with E-state index in [1.54, 1.807) is 12.3 Å². The zero-order valence-electron chi connectivity index (χ0n) is 13.8. The Morgan fingerprint density at radius 3 is 2.54 bits per heavy atom. The molecule has 0 unspecified atom stereocenters. The van der Waals surface area contributed by atoms with Crippen LogP contribution in [0.15, 0.2) is 41.0 Å². The SMILES string of the molecule is Cc1ccc(Nc2ccc(C(=O)NC3CCCCC3)nc2)cc1Br. The highest BCUT2D eigenvalue weighted by atomic mass is 79.9. The van der Waals surface area contributed by atoms with Crippen LogP contribution in [0.5, 0.6) is 0 Å². The summed E-state index contributed by atoms with van der Waals surface area (Å²) in [5.74, 6) is -0.0773. The minimum atomic E-state index is -0.0773. The van der Waals surface area contributed by atoms with Crippen molar-refractivity contribution in [3.63, 3.8) is 0 Å². The number of hydrogen-bond acceptors (Lipinski definition) is 3. The van der Waals surface area contributed by atoms with Crippen LogP contribution in [0.1, 0.15) is 48.2 Å². The lowest BCUT2D eigenvalue weighted by atomic mass is 9.95. The number of carbonyl (C=O) groups is 1. The van der Waals surface area contributed by atoms with E-state index in [9.17, 15) is 4.79 Å². The monoisotopic (exact) mass is 387 g/mol. The van der Waals surface area contributed by atoms with Crippen molar-refractivity contribution in [2.45, 2.75) is 45.1 Å². The number of nitrogens with zero attached hydrogens (tertiary/aromatic N) is 1. The number of benzene rings is 1. The summed E-state index contributed by atoms with van der Waals surface area (Å²) < 4.78 is 1.06. The lowest BCUT2D eigenvalue weighted by Crippen LogP contribution is -2.36. The van der Waals surface area contributed by atoms with Crippen molar-refractivity contribution in [2.24, 2.45) is 0 Å². The Morgan fingerprint density at radius 1 is 1.12 bits per heavy atom. The zero-order valence-corrected chi connectivity index (χ0v) is 15.4. The molecule has 5 heteroatoms. The number of carbonyl (C=O) groups excluding carboxylic acids is 1. The molecule has 1 heterocycles. The van der Waals surface area contributed by atoms with Crippen molar-refractivity contribution in [3.05, 3.63) is 52.3 Å². The highest BCUT2D eigenvalue weighted by molar-refractivity contribution is 9.10. The predicted octanol–water partition coefficient (Wildman–Crippen LogP) is 4.96. The molecule has 126 valence electrons. The molecule has 3 rings (SSSR count). The number of aryl methyl sites for hydroxylation is 1. The van der Waals surface area contributed by atoms with Crippen LogP contribution in [0.2, 0.25) is 0 Å². The van der Waals surface area contributed by atoms with Gasteiger partial charge in [0.1, 0.15) is 5.69 Å². The van der Waals surface area contributed by atoms with Gasteiger partial charge in [0.05, 0.1) is 11.9 Å². The summed E-state index contributed by atoms with van der Waals surface area (Å²) in [6.07, 6.45) is 7.53. The molecule has 2 N–H and O–H groups in total. The lowest BCUT2D eigenvalue weighted by molar-refractivity contribution is 0.0922. The molecule has 0 aliphatic heterocycles. The molecule has 0 bridgehead atoms. The molecule has 1 amide bonds. The Morgan fingerprint density at radius 2 is 1.88 bits per heavy atom. The van der Waals surface area contributed by atoms with Gasteiger partial charge in [0.2, 0.25) is 0 Å². The van der Waals surface area contributed by atoms with E-state index < -0.39 is 0 Å². The Bertz CT molecular complexity index is 709. The first kappa shape index (κ1) is 17.0. The van der Waals surface area contributed by atoms with Crippen molar-refractivity contribution in [1.29, 1.82) is 0 Å². The number of halogens is 1. The smallest absolute Gasteiger partial charge is 0.270 e. The highest BCUT2D eigenvalue weighted by Gasteiger charge is 2.17. The third-order valence-electron chi connectivity index (χ3n) is 4.40. The van der Waals surface area contributed by atoms with E-state index in [-0.39, 0.29) is 5.91 Å². The van der Waals surface area contributed by atoms with Crippen LogP contribution in [0.3, 0.4) is 0 Å². The number of rotatable bonds is 4. The van der Waals surface area contributed by atoms with Gasteiger partial charge in [-0.05, 0) is 49.6 Å². The van der Waals surface area contributed by atoms with Gasteiger partial charge in [0.25, 0.3) is 5.91 Å². The van der Waals surface area contributed by atoms with Crippen LogP contribution in [0.25, 0.3) is 0 Å². The van der Waals surface area contributed by atoms with Crippen molar-refractivity contribution < 1.29 is 4.79 Å². The first-order chi connectivity index (χ1) is 11.6. The van der Waals surface area contributed by atoms with Crippen molar-refractivity contribution in [3.8, 4) is 0 Å². The molecule has 0 radical (unpaired) electrons. The Hall–Kier alpha value is -1.88. The molecule has 0 saturated heterocycles. The van der Waals surface area contributed by atoms with Crippen LogP contribution in [0.4, 0.5) is 11.4 Å². The zero-order chi connectivity index (χ0) is 16.9. The highest BCUT2D eigenvalue weighted by Crippen LogP contribution is 2.23. The summed E-state index contributed by atoms with van der Waals surface area (Å²) in [6.45, 7) is 2.05. The molecule has 0 spiro atoms. The summed E-state index contributed by atoms with van der Waals surface area (Å²) in [5.41, 5.74) is 3.50. The van der Waals surface area contributed by atoms with Gasteiger partial charge in [-0.15, -0.1) is 0 Å². The van der Waals surface area contributed by atoms with Crippen LogP contribution >= 0.6 is 15.9 Å². The maximum atomic E-state index is 12.3. The number of aromatic nitrogens is 1. The Labute approximate surface area is 151 Å². The van der Waals surface area contributed by atoms with Gasteiger partial charge in [-0.3, -0.25) is 4.79 Å². The Kier molecular flexibility index (Phi) is 5.51. The van der Waals surface area contributed by atoms with Gasteiger partial charge in [-0.2, -0.15) is 0 Å². The molecule has 1 aromatic heterocycles. The molecule has 1 aliphatic carbocycles. The fourth-order valence-corrected chi connectivity index (χ4v) is 3.32. The molecule has 2 aromatic rings. The largest absolute Gasteiger partial charge is 0.354 e. The second-order valence-corrected chi connectivity index (χ2v) is 7.18. The van der Waals surface area contributed by atoms with Gasteiger partial charge in [0.15, 0.2) is 0 Å². The van der Waals surface area contributed by atoms with Crippen molar-refractivity contribution >= 4 is 33.2 Å². The fraction of sp³-hybridized carbons (Fsp3) is 0.368. The van der Waals surface area contributed by atoms with Crippen LogP contribution in [-0.2, 0) is 0 Å². The molecule has 24 heavy (non-hydrogen) atoms. The minimum absolute atomic E-state index is 0.0773. The fourth-order valence-electron chi connectivity index (χ4n) is 2.95. The third-order valence-corrected chi connectivity index (χ3v) is 5.25. The summed E-state index contributed by atoms with van der Waals surface area (Å²) in [5, 5.41) is 6.39. The summed E-state index contributed by atoms with van der Waals surface area (Å²) in [4.78, 5) is 16.6. The average molecular weight is 388 g/mol. The van der Waals surface area contributed by atoms with E-state index in [1.807, 2.05) is 24.3 Å². The number of nitrogens with one attached hydrogen (secondary N) is 2. The molecule has 4 nitrogen and oxygen atoms in total. The number of amides is 1. The van der Waals surface area contributed by atoms with Crippen molar-refractivity contribution in [1.82, 2.24) is 10.3 Å². The van der Waals surface area contributed by atoms with Crippen LogP contribution < -0.4 is 10.6 Å². The van der Waals surface area contributed by atoms with Gasteiger partial charge >= 0.3 is 0 Å². The number of anilines is 2. The van der Waals surface area contributed by atoms with Gasteiger partial charge in [-0.25, -0.2) is 4.98 Å². The van der Waals surface area contributed by atoms with E-state index >= 15 is 0 Å². The van der Waals surface area contributed by atoms with Crippen molar-refractivity contribution in [2.75, 3.05) is 5.32 Å². The Balaban J connectivity index is 1.61.